The third kappa shape index (κ3) is 2.53. The predicted molar refractivity (Wildman–Crippen MR) is 57.4 cm³/mol. The van der Waals surface area contributed by atoms with E-state index in [1.807, 2.05) is 11.6 Å². The van der Waals surface area contributed by atoms with Crippen LogP contribution in [0.3, 0.4) is 0 Å². The molecule has 0 radical (unpaired) electrons. The minimum absolute atomic E-state index is 0.112. The second kappa shape index (κ2) is 4.87. The predicted octanol–water partition coefficient (Wildman–Crippen LogP) is 1.58. The lowest BCUT2D eigenvalue weighted by atomic mass is 10.0. The molecule has 2 atom stereocenters. The molecule has 1 aliphatic heterocycles. The minimum atomic E-state index is 0.112. The smallest absolute Gasteiger partial charge is 0.0941 e. The molecular formula is C10H16N2OS. The summed E-state index contributed by atoms with van der Waals surface area (Å²) in [6, 6.07) is 0.112. The molecule has 0 spiro atoms. The zero-order valence-corrected chi connectivity index (χ0v) is 9.00. The maximum Gasteiger partial charge on any atom is 0.0941 e. The number of nitrogens with zero attached hydrogens (tertiary/aromatic N) is 1. The van der Waals surface area contributed by atoms with Crippen molar-refractivity contribution in [1.82, 2.24) is 4.98 Å². The molecule has 2 rings (SSSR count). The molecule has 14 heavy (non-hydrogen) atoms. The van der Waals surface area contributed by atoms with Crippen LogP contribution >= 0.6 is 11.3 Å². The zero-order chi connectivity index (χ0) is 9.80. The maximum absolute atomic E-state index is 6.08. The highest BCUT2D eigenvalue weighted by molar-refractivity contribution is 7.09. The summed E-state index contributed by atoms with van der Waals surface area (Å²) >= 11 is 1.67. The lowest BCUT2D eigenvalue weighted by molar-refractivity contribution is 0.000628. The topological polar surface area (TPSA) is 48.1 Å². The molecule has 1 aromatic heterocycles. The van der Waals surface area contributed by atoms with Gasteiger partial charge in [-0.1, -0.05) is 0 Å². The van der Waals surface area contributed by atoms with Gasteiger partial charge in [-0.15, -0.1) is 11.3 Å². The van der Waals surface area contributed by atoms with Crippen LogP contribution in [0.2, 0.25) is 0 Å². The minimum Gasteiger partial charge on any atom is -0.377 e. The van der Waals surface area contributed by atoms with Gasteiger partial charge in [-0.25, -0.2) is 4.98 Å². The molecule has 1 aromatic rings. The van der Waals surface area contributed by atoms with Gasteiger partial charge < -0.3 is 10.5 Å². The van der Waals surface area contributed by atoms with Gasteiger partial charge in [0.15, 0.2) is 0 Å². The zero-order valence-electron chi connectivity index (χ0n) is 8.19. The number of aromatic nitrogens is 1. The van der Waals surface area contributed by atoms with E-state index in [0.717, 1.165) is 24.5 Å². The van der Waals surface area contributed by atoms with Crippen molar-refractivity contribution in [1.29, 1.82) is 0 Å². The number of hydrogen-bond acceptors (Lipinski definition) is 4. The van der Waals surface area contributed by atoms with Gasteiger partial charge in [0.2, 0.25) is 0 Å². The Balaban J connectivity index is 1.85. The molecule has 4 heteroatoms. The van der Waals surface area contributed by atoms with Crippen molar-refractivity contribution in [3.05, 3.63) is 16.6 Å². The lowest BCUT2D eigenvalue weighted by Crippen LogP contribution is -2.40. The highest BCUT2D eigenvalue weighted by atomic mass is 32.1. The van der Waals surface area contributed by atoms with Crippen LogP contribution in [0.5, 0.6) is 0 Å². The molecule has 1 aliphatic rings. The number of thiazole rings is 1. The van der Waals surface area contributed by atoms with Crippen LogP contribution in [0.15, 0.2) is 11.6 Å². The monoisotopic (exact) mass is 212 g/mol. The van der Waals surface area contributed by atoms with Crippen LogP contribution < -0.4 is 5.73 Å². The van der Waals surface area contributed by atoms with E-state index in [1.54, 1.807) is 11.3 Å². The van der Waals surface area contributed by atoms with Gasteiger partial charge in [-0.3, -0.25) is 0 Å². The van der Waals surface area contributed by atoms with Gasteiger partial charge in [-0.05, 0) is 19.3 Å². The second-order valence-electron chi connectivity index (χ2n) is 3.70. The van der Waals surface area contributed by atoms with E-state index >= 15 is 0 Å². The summed E-state index contributed by atoms with van der Waals surface area (Å²) in [5, 5.41) is 3.11. The van der Waals surface area contributed by atoms with Gasteiger partial charge in [0.05, 0.1) is 11.1 Å². The Kier molecular flexibility index (Phi) is 3.50. The average molecular weight is 212 g/mol. The van der Waals surface area contributed by atoms with Crippen LogP contribution in [0.1, 0.15) is 24.3 Å². The molecule has 1 saturated heterocycles. The molecule has 2 N–H and O–H groups in total. The van der Waals surface area contributed by atoms with Crippen molar-refractivity contribution in [3.63, 3.8) is 0 Å². The van der Waals surface area contributed by atoms with Gasteiger partial charge >= 0.3 is 0 Å². The van der Waals surface area contributed by atoms with Crippen LogP contribution in [-0.2, 0) is 11.2 Å². The van der Waals surface area contributed by atoms with Crippen LogP contribution in [0.25, 0.3) is 0 Å². The van der Waals surface area contributed by atoms with Crippen LogP contribution in [-0.4, -0.2) is 23.7 Å². The number of nitrogens with two attached hydrogens (primary N) is 1. The summed E-state index contributed by atoms with van der Waals surface area (Å²) in [4.78, 5) is 4.23. The summed E-state index contributed by atoms with van der Waals surface area (Å²) in [6.07, 6.45) is 6.45. The van der Waals surface area contributed by atoms with Gasteiger partial charge in [0.25, 0.3) is 0 Å². The Morgan fingerprint density at radius 3 is 3.21 bits per heavy atom. The first kappa shape index (κ1) is 10.1. The van der Waals surface area contributed by atoms with E-state index < -0.39 is 0 Å². The van der Waals surface area contributed by atoms with E-state index in [1.165, 1.54) is 12.8 Å². The third-order valence-electron chi connectivity index (χ3n) is 2.59. The molecule has 2 unspecified atom stereocenters. The van der Waals surface area contributed by atoms with Gasteiger partial charge in [0, 0.05) is 30.6 Å². The maximum atomic E-state index is 6.08. The highest BCUT2D eigenvalue weighted by Crippen LogP contribution is 2.17. The Hall–Kier alpha value is -0.450. The molecule has 0 amide bonds. The SMILES string of the molecule is NC(Cc1nccs1)C1CCCCO1. The molecule has 2 heterocycles. The molecule has 78 valence electrons. The Morgan fingerprint density at radius 1 is 1.64 bits per heavy atom. The van der Waals surface area contributed by atoms with Crippen molar-refractivity contribution in [2.24, 2.45) is 5.73 Å². The fraction of sp³-hybridized carbons (Fsp3) is 0.700. The summed E-state index contributed by atoms with van der Waals surface area (Å²) in [5.74, 6) is 0. The third-order valence-corrected chi connectivity index (χ3v) is 3.39. The van der Waals surface area contributed by atoms with Gasteiger partial charge in [-0.2, -0.15) is 0 Å². The van der Waals surface area contributed by atoms with Crippen LogP contribution in [0.4, 0.5) is 0 Å². The van der Waals surface area contributed by atoms with E-state index in [2.05, 4.69) is 4.98 Å². The number of ether oxygens (including phenoxy) is 1. The first-order valence-corrected chi connectivity index (χ1v) is 6.00. The quantitative estimate of drug-likeness (QED) is 0.827. The van der Waals surface area contributed by atoms with E-state index in [0.29, 0.717) is 0 Å². The highest BCUT2D eigenvalue weighted by Gasteiger charge is 2.21. The first-order valence-electron chi connectivity index (χ1n) is 5.12. The second-order valence-corrected chi connectivity index (χ2v) is 4.68. The van der Waals surface area contributed by atoms with Crippen LogP contribution in [0, 0.1) is 0 Å². The van der Waals surface area contributed by atoms with E-state index in [4.69, 9.17) is 10.5 Å². The Morgan fingerprint density at radius 2 is 2.57 bits per heavy atom. The first-order chi connectivity index (χ1) is 6.86. The van der Waals surface area contributed by atoms with E-state index in [9.17, 15) is 0 Å². The van der Waals surface area contributed by atoms with E-state index in [-0.39, 0.29) is 12.1 Å². The number of hydrogen-bond donors (Lipinski definition) is 1. The van der Waals surface area contributed by atoms with Crippen molar-refractivity contribution in [3.8, 4) is 0 Å². The van der Waals surface area contributed by atoms with Crippen molar-refractivity contribution in [2.45, 2.75) is 37.8 Å². The molecule has 0 aliphatic carbocycles. The largest absolute Gasteiger partial charge is 0.377 e. The Labute approximate surface area is 88.3 Å². The van der Waals surface area contributed by atoms with Crippen molar-refractivity contribution < 1.29 is 4.74 Å². The summed E-state index contributed by atoms with van der Waals surface area (Å²) in [7, 11) is 0. The summed E-state index contributed by atoms with van der Waals surface area (Å²) in [6.45, 7) is 0.871. The Bertz CT molecular complexity index is 257. The van der Waals surface area contributed by atoms with Crippen molar-refractivity contribution in [2.75, 3.05) is 6.61 Å². The molecule has 0 saturated carbocycles. The number of rotatable bonds is 3. The molecule has 0 aromatic carbocycles. The standard InChI is InChI=1S/C10H16N2OS/c11-8(7-10-12-4-6-14-10)9-3-1-2-5-13-9/h4,6,8-9H,1-3,5,7,11H2. The van der Waals surface area contributed by atoms with Crippen molar-refractivity contribution >= 4 is 11.3 Å². The van der Waals surface area contributed by atoms with Gasteiger partial charge in [0.1, 0.15) is 0 Å². The summed E-state index contributed by atoms with van der Waals surface area (Å²) < 4.78 is 5.64. The normalized spacial score (nSPS) is 24.8. The molecule has 1 fully saturated rings. The average Bonchev–Trinajstić information content (AvgIpc) is 2.72. The fourth-order valence-electron chi connectivity index (χ4n) is 1.79. The summed E-state index contributed by atoms with van der Waals surface area (Å²) in [5.41, 5.74) is 6.08. The molecule has 3 nitrogen and oxygen atoms in total. The molecule has 0 bridgehead atoms. The lowest BCUT2D eigenvalue weighted by Gasteiger charge is -2.27. The molecular weight excluding hydrogens is 196 g/mol. The fourth-order valence-corrected chi connectivity index (χ4v) is 2.48.